The Bertz CT molecular complexity index is 559. The SMILES string of the molecule is CCN(CC(=O)O)Cc1c(C)oc2ccccc12. The highest BCUT2D eigenvalue weighted by Gasteiger charge is 2.15. The Morgan fingerprint density at radius 3 is 2.78 bits per heavy atom. The molecule has 18 heavy (non-hydrogen) atoms. The predicted octanol–water partition coefficient (Wildman–Crippen LogP) is 2.65. The molecule has 0 radical (unpaired) electrons. The van der Waals surface area contributed by atoms with E-state index < -0.39 is 5.97 Å². The Balaban J connectivity index is 2.30. The van der Waals surface area contributed by atoms with Gasteiger partial charge in [0.2, 0.25) is 0 Å². The van der Waals surface area contributed by atoms with Gasteiger partial charge in [-0.2, -0.15) is 0 Å². The summed E-state index contributed by atoms with van der Waals surface area (Å²) in [5, 5.41) is 9.93. The average molecular weight is 247 g/mol. The molecule has 2 aromatic rings. The number of furan rings is 1. The first kappa shape index (κ1) is 12.6. The van der Waals surface area contributed by atoms with Gasteiger partial charge in [0, 0.05) is 17.5 Å². The molecule has 0 saturated heterocycles. The molecule has 0 unspecified atom stereocenters. The van der Waals surface area contributed by atoms with Crippen molar-refractivity contribution < 1.29 is 14.3 Å². The van der Waals surface area contributed by atoms with E-state index in [0.717, 1.165) is 22.3 Å². The maximum atomic E-state index is 10.8. The van der Waals surface area contributed by atoms with Crippen LogP contribution in [0.5, 0.6) is 0 Å². The van der Waals surface area contributed by atoms with Gasteiger partial charge in [0.15, 0.2) is 0 Å². The van der Waals surface area contributed by atoms with E-state index in [1.807, 2.05) is 43.0 Å². The van der Waals surface area contributed by atoms with Crippen LogP contribution < -0.4 is 0 Å². The number of hydrogen-bond donors (Lipinski definition) is 1. The molecule has 1 heterocycles. The van der Waals surface area contributed by atoms with Crippen LogP contribution in [0.1, 0.15) is 18.2 Å². The first-order valence-corrected chi connectivity index (χ1v) is 6.03. The Labute approximate surface area is 106 Å². The van der Waals surface area contributed by atoms with Gasteiger partial charge in [-0.05, 0) is 19.5 Å². The van der Waals surface area contributed by atoms with E-state index in [-0.39, 0.29) is 6.54 Å². The highest BCUT2D eigenvalue weighted by atomic mass is 16.4. The van der Waals surface area contributed by atoms with Crippen molar-refractivity contribution in [2.45, 2.75) is 20.4 Å². The Kier molecular flexibility index (Phi) is 3.67. The highest BCUT2D eigenvalue weighted by Crippen LogP contribution is 2.26. The smallest absolute Gasteiger partial charge is 0.317 e. The van der Waals surface area contributed by atoms with Gasteiger partial charge in [0.1, 0.15) is 11.3 Å². The predicted molar refractivity (Wildman–Crippen MR) is 69.5 cm³/mol. The van der Waals surface area contributed by atoms with Gasteiger partial charge in [-0.3, -0.25) is 9.69 Å². The highest BCUT2D eigenvalue weighted by molar-refractivity contribution is 5.82. The molecule has 0 amide bonds. The van der Waals surface area contributed by atoms with E-state index in [2.05, 4.69) is 0 Å². The van der Waals surface area contributed by atoms with Gasteiger partial charge in [-0.15, -0.1) is 0 Å². The molecule has 1 aromatic carbocycles. The summed E-state index contributed by atoms with van der Waals surface area (Å²) in [4.78, 5) is 12.7. The molecule has 0 aliphatic carbocycles. The molecule has 4 heteroatoms. The topological polar surface area (TPSA) is 53.7 Å². The molecular formula is C14H17NO3. The fourth-order valence-corrected chi connectivity index (χ4v) is 2.11. The molecule has 96 valence electrons. The second kappa shape index (κ2) is 5.23. The van der Waals surface area contributed by atoms with Crippen molar-refractivity contribution in [3.63, 3.8) is 0 Å². The minimum atomic E-state index is -0.803. The van der Waals surface area contributed by atoms with Gasteiger partial charge in [0.25, 0.3) is 0 Å². The molecular weight excluding hydrogens is 230 g/mol. The lowest BCUT2D eigenvalue weighted by Crippen LogP contribution is -2.29. The number of carboxylic acids is 1. The summed E-state index contributed by atoms with van der Waals surface area (Å²) >= 11 is 0. The summed E-state index contributed by atoms with van der Waals surface area (Å²) < 4.78 is 5.68. The number of carbonyl (C=O) groups is 1. The number of aliphatic carboxylic acids is 1. The van der Waals surface area contributed by atoms with Gasteiger partial charge in [0.05, 0.1) is 6.54 Å². The number of hydrogen-bond acceptors (Lipinski definition) is 3. The minimum Gasteiger partial charge on any atom is -0.480 e. The maximum absolute atomic E-state index is 10.8. The van der Waals surface area contributed by atoms with Crippen molar-refractivity contribution in [1.82, 2.24) is 4.90 Å². The van der Waals surface area contributed by atoms with Crippen molar-refractivity contribution >= 4 is 16.9 Å². The summed E-state index contributed by atoms with van der Waals surface area (Å²) in [7, 11) is 0. The minimum absolute atomic E-state index is 0.0510. The van der Waals surface area contributed by atoms with E-state index in [0.29, 0.717) is 13.1 Å². The van der Waals surface area contributed by atoms with Gasteiger partial charge < -0.3 is 9.52 Å². The lowest BCUT2D eigenvalue weighted by molar-refractivity contribution is -0.138. The maximum Gasteiger partial charge on any atom is 0.317 e. The molecule has 2 rings (SSSR count). The van der Waals surface area contributed by atoms with Crippen LogP contribution in [-0.4, -0.2) is 29.1 Å². The van der Waals surface area contributed by atoms with Crippen LogP contribution in [0.4, 0.5) is 0 Å². The zero-order chi connectivity index (χ0) is 13.1. The molecule has 0 bridgehead atoms. The third-order valence-corrected chi connectivity index (χ3v) is 3.09. The fraction of sp³-hybridized carbons (Fsp3) is 0.357. The Hall–Kier alpha value is -1.81. The normalized spacial score (nSPS) is 11.3. The van der Waals surface area contributed by atoms with E-state index >= 15 is 0 Å². The van der Waals surface area contributed by atoms with E-state index in [4.69, 9.17) is 9.52 Å². The molecule has 0 atom stereocenters. The van der Waals surface area contributed by atoms with Crippen molar-refractivity contribution in [3.8, 4) is 0 Å². The largest absolute Gasteiger partial charge is 0.480 e. The first-order chi connectivity index (χ1) is 8.61. The second-order valence-electron chi connectivity index (χ2n) is 4.33. The van der Waals surface area contributed by atoms with Gasteiger partial charge >= 0.3 is 5.97 Å². The zero-order valence-electron chi connectivity index (χ0n) is 10.6. The second-order valence-corrected chi connectivity index (χ2v) is 4.33. The van der Waals surface area contributed by atoms with Crippen LogP contribution in [0.15, 0.2) is 28.7 Å². The van der Waals surface area contributed by atoms with Crippen molar-refractivity contribution in [2.75, 3.05) is 13.1 Å². The van der Waals surface area contributed by atoms with E-state index in [1.54, 1.807) is 0 Å². The van der Waals surface area contributed by atoms with Crippen LogP contribution >= 0.6 is 0 Å². The molecule has 0 fully saturated rings. The lowest BCUT2D eigenvalue weighted by Gasteiger charge is -2.17. The van der Waals surface area contributed by atoms with Crippen LogP contribution in [0.25, 0.3) is 11.0 Å². The van der Waals surface area contributed by atoms with Crippen LogP contribution in [-0.2, 0) is 11.3 Å². The number of carboxylic acid groups (broad SMARTS) is 1. The number of nitrogens with zero attached hydrogens (tertiary/aromatic N) is 1. The molecule has 0 spiro atoms. The summed E-state index contributed by atoms with van der Waals surface area (Å²) in [6.07, 6.45) is 0. The van der Waals surface area contributed by atoms with E-state index in [1.165, 1.54) is 0 Å². The van der Waals surface area contributed by atoms with Crippen LogP contribution in [0.2, 0.25) is 0 Å². The third-order valence-electron chi connectivity index (χ3n) is 3.09. The van der Waals surface area contributed by atoms with Crippen LogP contribution in [0.3, 0.4) is 0 Å². The fourth-order valence-electron chi connectivity index (χ4n) is 2.11. The molecule has 4 nitrogen and oxygen atoms in total. The lowest BCUT2D eigenvalue weighted by atomic mass is 10.1. The number of rotatable bonds is 5. The summed E-state index contributed by atoms with van der Waals surface area (Å²) in [6.45, 7) is 5.23. The van der Waals surface area contributed by atoms with Crippen molar-refractivity contribution in [3.05, 3.63) is 35.6 Å². The molecule has 0 saturated carbocycles. The number of likely N-dealkylation sites (N-methyl/N-ethyl adjacent to an activating group) is 1. The quantitative estimate of drug-likeness (QED) is 0.882. The summed E-state index contributed by atoms with van der Waals surface area (Å²) in [5.74, 6) is 0.0577. The third kappa shape index (κ3) is 2.54. The van der Waals surface area contributed by atoms with Gasteiger partial charge in [-0.25, -0.2) is 0 Å². The molecule has 0 aliphatic rings. The number of para-hydroxylation sites is 1. The summed E-state index contributed by atoms with van der Waals surface area (Å²) in [5.41, 5.74) is 1.94. The molecule has 1 N–H and O–H groups in total. The average Bonchev–Trinajstić information content (AvgIpc) is 2.64. The molecule has 0 aliphatic heterocycles. The molecule has 1 aromatic heterocycles. The van der Waals surface area contributed by atoms with Crippen LogP contribution in [0, 0.1) is 6.92 Å². The zero-order valence-corrected chi connectivity index (χ0v) is 10.6. The number of fused-ring (bicyclic) bond motifs is 1. The number of aryl methyl sites for hydroxylation is 1. The van der Waals surface area contributed by atoms with Gasteiger partial charge in [-0.1, -0.05) is 25.1 Å². The van der Waals surface area contributed by atoms with E-state index in [9.17, 15) is 4.79 Å². The Morgan fingerprint density at radius 2 is 2.11 bits per heavy atom. The standard InChI is InChI=1S/C14H17NO3/c1-3-15(9-14(16)17)8-12-10(2)18-13-7-5-4-6-11(12)13/h4-7H,3,8-9H2,1-2H3,(H,16,17). The van der Waals surface area contributed by atoms with Crippen molar-refractivity contribution in [1.29, 1.82) is 0 Å². The Morgan fingerprint density at radius 1 is 1.39 bits per heavy atom. The first-order valence-electron chi connectivity index (χ1n) is 6.03. The number of benzene rings is 1. The van der Waals surface area contributed by atoms with Crippen molar-refractivity contribution in [2.24, 2.45) is 0 Å². The monoisotopic (exact) mass is 247 g/mol. The summed E-state index contributed by atoms with van der Waals surface area (Å²) in [6, 6.07) is 7.84.